The second-order valence-corrected chi connectivity index (χ2v) is 10.6. The van der Waals surface area contributed by atoms with Crippen molar-refractivity contribution in [2.45, 2.75) is 64.2 Å². The van der Waals surface area contributed by atoms with Gasteiger partial charge in [-0.25, -0.2) is 8.42 Å². The van der Waals surface area contributed by atoms with E-state index in [0.717, 1.165) is 13.0 Å². The largest absolute Gasteiger partial charge is 0.360 e. The summed E-state index contributed by atoms with van der Waals surface area (Å²) in [5, 5.41) is 6.85. The summed E-state index contributed by atoms with van der Waals surface area (Å²) in [6.07, 6.45) is 6.26. The van der Waals surface area contributed by atoms with Crippen molar-refractivity contribution in [2.75, 3.05) is 39.3 Å². The number of carbonyl (C=O) groups is 1. The van der Waals surface area contributed by atoms with Crippen molar-refractivity contribution < 1.29 is 17.7 Å². The number of rotatable bonds is 8. The zero-order valence-electron chi connectivity index (χ0n) is 18.5. The van der Waals surface area contributed by atoms with Crippen LogP contribution in [0.1, 0.15) is 56.9 Å². The number of sulfonamides is 1. The lowest BCUT2D eigenvalue weighted by atomic mass is 9.85. The number of aromatic nitrogens is 1. The van der Waals surface area contributed by atoms with Gasteiger partial charge in [0.25, 0.3) is 0 Å². The highest BCUT2D eigenvalue weighted by Gasteiger charge is 2.36. The number of aryl methyl sites for hydroxylation is 2. The Balaban J connectivity index is 1.43. The summed E-state index contributed by atoms with van der Waals surface area (Å²) in [6, 6.07) is 0. The maximum absolute atomic E-state index is 12.9. The van der Waals surface area contributed by atoms with Gasteiger partial charge in [-0.2, -0.15) is 4.31 Å². The van der Waals surface area contributed by atoms with Crippen LogP contribution in [0.3, 0.4) is 0 Å². The monoisotopic (exact) mass is 440 g/mol. The van der Waals surface area contributed by atoms with Gasteiger partial charge in [0.05, 0.1) is 0 Å². The summed E-state index contributed by atoms with van der Waals surface area (Å²) in [6.45, 7) is 10.2. The molecule has 3 heterocycles. The molecule has 0 radical (unpaired) electrons. The van der Waals surface area contributed by atoms with Gasteiger partial charge in [-0.05, 0) is 71.5 Å². The van der Waals surface area contributed by atoms with E-state index in [4.69, 9.17) is 4.52 Å². The zero-order valence-corrected chi connectivity index (χ0v) is 19.3. The maximum Gasteiger partial charge on any atom is 0.248 e. The fourth-order valence-electron chi connectivity index (χ4n) is 4.66. The van der Waals surface area contributed by atoms with Crippen LogP contribution in [-0.4, -0.2) is 68.0 Å². The van der Waals surface area contributed by atoms with Crippen LogP contribution in [0.2, 0.25) is 0 Å². The summed E-state index contributed by atoms with van der Waals surface area (Å²) < 4.78 is 32.4. The van der Waals surface area contributed by atoms with E-state index in [-0.39, 0.29) is 22.6 Å². The lowest BCUT2D eigenvalue weighted by molar-refractivity contribution is -0.126. The number of nitrogens with zero attached hydrogens (tertiary/aromatic N) is 3. The molecule has 1 aromatic heterocycles. The van der Waals surface area contributed by atoms with Gasteiger partial charge in [-0.15, -0.1) is 0 Å². The molecule has 1 atom stereocenters. The average Bonchev–Trinajstić information content (AvgIpc) is 3.10. The second kappa shape index (κ2) is 10.2. The Labute approximate surface area is 180 Å². The Morgan fingerprint density at radius 2 is 1.83 bits per heavy atom. The predicted octanol–water partition coefficient (Wildman–Crippen LogP) is 2.32. The van der Waals surface area contributed by atoms with Crippen molar-refractivity contribution in [2.24, 2.45) is 11.8 Å². The molecule has 1 unspecified atom stereocenters. The molecule has 2 saturated heterocycles. The van der Waals surface area contributed by atoms with Crippen LogP contribution in [0.4, 0.5) is 0 Å². The van der Waals surface area contributed by atoms with Gasteiger partial charge in [0.15, 0.2) is 5.76 Å². The minimum atomic E-state index is -3.61. The van der Waals surface area contributed by atoms with Gasteiger partial charge >= 0.3 is 0 Å². The molecule has 0 saturated carbocycles. The lowest BCUT2D eigenvalue weighted by Crippen LogP contribution is -2.43. The first kappa shape index (κ1) is 23.2. The highest BCUT2D eigenvalue weighted by atomic mass is 32.2. The highest BCUT2D eigenvalue weighted by Crippen LogP contribution is 2.30. The molecule has 0 spiro atoms. The average molecular weight is 441 g/mol. The Morgan fingerprint density at radius 3 is 2.43 bits per heavy atom. The van der Waals surface area contributed by atoms with Crippen molar-refractivity contribution >= 4 is 15.9 Å². The molecule has 2 aliphatic rings. The third-order valence-corrected chi connectivity index (χ3v) is 8.73. The quantitative estimate of drug-likeness (QED) is 0.623. The number of carbonyl (C=O) groups excluding carboxylic acids is 1. The topological polar surface area (TPSA) is 95.8 Å². The van der Waals surface area contributed by atoms with Crippen molar-refractivity contribution in [3.8, 4) is 0 Å². The fourth-order valence-corrected chi connectivity index (χ4v) is 6.42. The van der Waals surface area contributed by atoms with Gasteiger partial charge in [-0.1, -0.05) is 18.5 Å². The fraction of sp³-hybridized carbons (Fsp3) is 0.810. The third-order valence-electron chi connectivity index (χ3n) is 6.58. The smallest absolute Gasteiger partial charge is 0.248 e. The summed E-state index contributed by atoms with van der Waals surface area (Å²) in [5.41, 5.74) is 0.395. The van der Waals surface area contributed by atoms with Crippen LogP contribution in [0.25, 0.3) is 0 Å². The molecule has 2 aliphatic heterocycles. The summed E-state index contributed by atoms with van der Waals surface area (Å²) >= 11 is 0. The van der Waals surface area contributed by atoms with Crippen molar-refractivity contribution in [1.29, 1.82) is 0 Å². The number of hydrogen-bond donors (Lipinski definition) is 1. The van der Waals surface area contributed by atoms with E-state index in [1.54, 1.807) is 13.8 Å². The van der Waals surface area contributed by atoms with Crippen LogP contribution < -0.4 is 5.32 Å². The number of hydrogen-bond acceptors (Lipinski definition) is 6. The standard InChI is InChI=1S/C21H36N4O4S/c1-16(21(26)22-10-7-13-24-11-5-4-6-12-24)19-8-14-25(15-9-19)30(27,28)20-17(2)23-29-18(20)3/h16,19H,4-15H2,1-3H3,(H,22,26). The van der Waals surface area contributed by atoms with E-state index >= 15 is 0 Å². The Kier molecular flexibility index (Phi) is 7.92. The number of piperidine rings is 2. The van der Waals surface area contributed by atoms with Crippen LogP contribution >= 0.6 is 0 Å². The molecule has 0 aromatic carbocycles. The molecule has 1 N–H and O–H groups in total. The number of likely N-dealkylation sites (tertiary alicyclic amines) is 1. The third kappa shape index (κ3) is 5.42. The maximum atomic E-state index is 12.9. The highest BCUT2D eigenvalue weighted by molar-refractivity contribution is 7.89. The molecule has 2 fully saturated rings. The summed E-state index contributed by atoms with van der Waals surface area (Å²) in [5.74, 6) is 0.500. The Hall–Kier alpha value is -1.45. The van der Waals surface area contributed by atoms with Crippen molar-refractivity contribution in [1.82, 2.24) is 19.7 Å². The predicted molar refractivity (Wildman–Crippen MR) is 115 cm³/mol. The first-order valence-electron chi connectivity index (χ1n) is 11.2. The van der Waals surface area contributed by atoms with Crippen LogP contribution in [-0.2, 0) is 14.8 Å². The molecule has 1 aromatic rings. The van der Waals surface area contributed by atoms with Crippen molar-refractivity contribution in [3.63, 3.8) is 0 Å². The minimum Gasteiger partial charge on any atom is -0.360 e. The molecule has 8 nitrogen and oxygen atoms in total. The molecule has 1 amide bonds. The van der Waals surface area contributed by atoms with Gasteiger partial charge in [0.1, 0.15) is 10.6 Å². The van der Waals surface area contributed by atoms with E-state index in [0.29, 0.717) is 43.9 Å². The van der Waals surface area contributed by atoms with E-state index in [9.17, 15) is 13.2 Å². The second-order valence-electron chi connectivity index (χ2n) is 8.73. The van der Waals surface area contributed by atoms with Crippen LogP contribution in [0.5, 0.6) is 0 Å². The molecular formula is C21H36N4O4S. The first-order valence-corrected chi connectivity index (χ1v) is 12.7. The summed E-state index contributed by atoms with van der Waals surface area (Å²) in [4.78, 5) is 15.2. The Morgan fingerprint density at radius 1 is 1.17 bits per heavy atom. The molecule has 0 aliphatic carbocycles. The molecule has 170 valence electrons. The summed E-state index contributed by atoms with van der Waals surface area (Å²) in [7, 11) is -3.61. The molecule has 9 heteroatoms. The number of amides is 1. The molecule has 0 bridgehead atoms. The van der Waals surface area contributed by atoms with E-state index < -0.39 is 10.0 Å². The van der Waals surface area contributed by atoms with E-state index in [1.165, 1.54) is 36.7 Å². The van der Waals surface area contributed by atoms with Gasteiger partial charge < -0.3 is 14.7 Å². The normalized spacial score (nSPS) is 20.9. The first-order chi connectivity index (χ1) is 14.3. The minimum absolute atomic E-state index is 0.0840. The lowest BCUT2D eigenvalue weighted by Gasteiger charge is -2.33. The molecular weight excluding hydrogens is 404 g/mol. The molecule has 30 heavy (non-hydrogen) atoms. The van der Waals surface area contributed by atoms with Crippen LogP contribution in [0.15, 0.2) is 9.42 Å². The molecule has 3 rings (SSSR count). The zero-order chi connectivity index (χ0) is 21.7. The van der Waals surface area contributed by atoms with Crippen LogP contribution in [0, 0.1) is 25.7 Å². The van der Waals surface area contributed by atoms with E-state index in [2.05, 4.69) is 15.4 Å². The van der Waals surface area contributed by atoms with Gasteiger partial charge in [-0.3, -0.25) is 4.79 Å². The van der Waals surface area contributed by atoms with E-state index in [1.807, 2.05) is 6.92 Å². The SMILES string of the molecule is Cc1noc(C)c1S(=O)(=O)N1CCC(C(C)C(=O)NCCCN2CCCCC2)CC1. The van der Waals surface area contributed by atoms with Gasteiger partial charge in [0.2, 0.25) is 15.9 Å². The Bertz CT molecular complexity index is 789. The number of nitrogens with one attached hydrogen (secondary N) is 1. The van der Waals surface area contributed by atoms with Gasteiger partial charge in [0, 0.05) is 25.6 Å². The van der Waals surface area contributed by atoms with Crippen molar-refractivity contribution in [3.05, 3.63) is 11.5 Å².